The molecule has 3 rings (SSSR count). The first-order chi connectivity index (χ1) is 13.7. The Labute approximate surface area is 169 Å². The lowest BCUT2D eigenvalue weighted by Gasteiger charge is -2.23. The van der Waals surface area contributed by atoms with E-state index in [1.54, 1.807) is 36.4 Å². The van der Waals surface area contributed by atoms with Crippen LogP contribution in [0.5, 0.6) is 5.75 Å². The lowest BCUT2D eigenvalue weighted by atomic mass is 10.1. The van der Waals surface area contributed by atoms with Crippen molar-refractivity contribution >= 4 is 23.3 Å². The third kappa shape index (κ3) is 5.47. The first-order valence-corrected chi connectivity index (χ1v) is 9.37. The molecular weight excluding hydrogens is 374 g/mol. The summed E-state index contributed by atoms with van der Waals surface area (Å²) in [6.07, 6.45) is 2.47. The van der Waals surface area contributed by atoms with Gasteiger partial charge in [-0.15, -0.1) is 0 Å². The Hall–Kier alpha value is -3.05. The van der Waals surface area contributed by atoms with Crippen molar-refractivity contribution in [2.75, 3.05) is 19.0 Å². The maximum absolute atomic E-state index is 13.0. The van der Waals surface area contributed by atoms with E-state index in [1.165, 1.54) is 5.56 Å². The number of amides is 2. The number of rotatable bonds is 7. The summed E-state index contributed by atoms with van der Waals surface area (Å²) in [5.41, 5.74) is 2.52. The second-order valence-corrected chi connectivity index (χ2v) is 6.69. The second-order valence-electron chi connectivity index (χ2n) is 6.25. The topological polar surface area (TPSA) is 54.5 Å². The number of carbonyl (C=O) groups excluding carboxylic acids is 1. The Kier molecular flexibility index (Phi) is 6.87. The number of benzene rings is 2. The molecule has 1 aromatic heterocycles. The van der Waals surface area contributed by atoms with Crippen molar-refractivity contribution in [2.24, 2.45) is 0 Å². The van der Waals surface area contributed by atoms with Gasteiger partial charge in [0.1, 0.15) is 5.75 Å². The summed E-state index contributed by atoms with van der Waals surface area (Å²) in [7, 11) is 1.56. The van der Waals surface area contributed by atoms with E-state index in [9.17, 15) is 4.79 Å². The molecular formula is C22H22ClN3O2. The Bertz CT molecular complexity index is 904. The van der Waals surface area contributed by atoms with Crippen LogP contribution in [0.4, 0.5) is 10.5 Å². The Morgan fingerprint density at radius 3 is 2.61 bits per heavy atom. The maximum Gasteiger partial charge on any atom is 0.322 e. The molecule has 6 heteroatoms. The molecule has 0 radical (unpaired) electrons. The van der Waals surface area contributed by atoms with Crippen LogP contribution in [0, 0.1) is 0 Å². The second kappa shape index (κ2) is 9.76. The minimum atomic E-state index is -0.234. The van der Waals surface area contributed by atoms with Crippen LogP contribution in [0.1, 0.15) is 11.3 Å². The molecule has 0 aliphatic rings. The predicted molar refractivity (Wildman–Crippen MR) is 112 cm³/mol. The summed E-state index contributed by atoms with van der Waals surface area (Å²) in [6, 6.07) is 20.6. The number of carbonyl (C=O) groups is 1. The zero-order valence-electron chi connectivity index (χ0n) is 15.6. The molecule has 0 fully saturated rings. The molecule has 0 bridgehead atoms. The number of ether oxygens (including phenoxy) is 1. The van der Waals surface area contributed by atoms with Crippen LogP contribution < -0.4 is 10.1 Å². The molecule has 0 saturated heterocycles. The molecule has 28 heavy (non-hydrogen) atoms. The van der Waals surface area contributed by atoms with E-state index in [0.29, 0.717) is 29.5 Å². The molecule has 0 unspecified atom stereocenters. The molecule has 0 spiro atoms. The highest BCUT2D eigenvalue weighted by Crippen LogP contribution is 2.28. The molecule has 0 aliphatic heterocycles. The van der Waals surface area contributed by atoms with Gasteiger partial charge in [-0.3, -0.25) is 4.98 Å². The Morgan fingerprint density at radius 1 is 1.11 bits per heavy atom. The van der Waals surface area contributed by atoms with Gasteiger partial charge < -0.3 is 15.0 Å². The third-order valence-electron chi connectivity index (χ3n) is 4.28. The van der Waals surface area contributed by atoms with Gasteiger partial charge in [0, 0.05) is 17.8 Å². The quantitative estimate of drug-likeness (QED) is 0.611. The summed E-state index contributed by atoms with van der Waals surface area (Å²) >= 11 is 6.08. The van der Waals surface area contributed by atoms with E-state index in [4.69, 9.17) is 16.3 Å². The number of halogens is 1. The Balaban J connectivity index is 1.76. The zero-order valence-corrected chi connectivity index (χ0v) is 16.4. The fraction of sp³-hybridized carbons (Fsp3) is 0.182. The van der Waals surface area contributed by atoms with Gasteiger partial charge in [0.05, 0.1) is 25.0 Å². The van der Waals surface area contributed by atoms with Gasteiger partial charge in [-0.2, -0.15) is 0 Å². The number of methoxy groups -OCH3 is 1. The van der Waals surface area contributed by atoms with Crippen molar-refractivity contribution in [3.05, 3.63) is 89.2 Å². The van der Waals surface area contributed by atoms with E-state index in [0.717, 1.165) is 12.1 Å². The van der Waals surface area contributed by atoms with Crippen LogP contribution in [0.25, 0.3) is 0 Å². The van der Waals surface area contributed by atoms with Crippen LogP contribution in [-0.4, -0.2) is 29.6 Å². The summed E-state index contributed by atoms with van der Waals surface area (Å²) in [5, 5.41) is 3.43. The van der Waals surface area contributed by atoms with Gasteiger partial charge in [0.25, 0.3) is 0 Å². The normalized spacial score (nSPS) is 10.4. The van der Waals surface area contributed by atoms with Crippen molar-refractivity contribution in [1.29, 1.82) is 0 Å². The van der Waals surface area contributed by atoms with Crippen molar-refractivity contribution in [3.8, 4) is 5.75 Å². The average Bonchev–Trinajstić information content (AvgIpc) is 2.72. The van der Waals surface area contributed by atoms with Crippen molar-refractivity contribution in [3.63, 3.8) is 0 Å². The first-order valence-electron chi connectivity index (χ1n) is 8.99. The van der Waals surface area contributed by atoms with Crippen LogP contribution in [0.15, 0.2) is 72.9 Å². The highest BCUT2D eigenvalue weighted by atomic mass is 35.5. The number of nitrogens with zero attached hydrogens (tertiary/aromatic N) is 2. The number of pyridine rings is 1. The van der Waals surface area contributed by atoms with Gasteiger partial charge in [-0.25, -0.2) is 4.79 Å². The van der Waals surface area contributed by atoms with E-state index in [2.05, 4.69) is 22.4 Å². The molecule has 1 heterocycles. The largest absolute Gasteiger partial charge is 0.495 e. The molecule has 0 atom stereocenters. The van der Waals surface area contributed by atoms with E-state index in [1.807, 2.05) is 36.4 Å². The number of urea groups is 1. The minimum absolute atomic E-state index is 0.234. The standard InChI is InChI=1S/C22H22ClN3O2/c1-28-21-11-10-18(23)15-20(21)25-22(27)26(16-19-9-5-6-13-24-19)14-12-17-7-3-2-4-8-17/h2-11,13,15H,12,14,16H2,1H3,(H,25,27). The van der Waals surface area contributed by atoms with Crippen molar-refractivity contribution in [1.82, 2.24) is 9.88 Å². The summed E-state index contributed by atoms with van der Waals surface area (Å²) in [4.78, 5) is 19.1. The minimum Gasteiger partial charge on any atom is -0.495 e. The molecule has 2 aromatic carbocycles. The molecule has 2 amide bonds. The summed E-state index contributed by atoms with van der Waals surface area (Å²) in [6.45, 7) is 0.956. The van der Waals surface area contributed by atoms with E-state index in [-0.39, 0.29) is 6.03 Å². The molecule has 3 aromatic rings. The summed E-state index contributed by atoms with van der Waals surface area (Å²) in [5.74, 6) is 0.554. The highest BCUT2D eigenvalue weighted by molar-refractivity contribution is 6.31. The number of hydrogen-bond donors (Lipinski definition) is 1. The van der Waals surface area contributed by atoms with Gasteiger partial charge in [0.15, 0.2) is 0 Å². The van der Waals surface area contributed by atoms with Crippen LogP contribution in [0.3, 0.4) is 0 Å². The SMILES string of the molecule is COc1ccc(Cl)cc1NC(=O)N(CCc1ccccc1)Cc1ccccn1. The first kappa shape index (κ1) is 19.7. The lowest BCUT2D eigenvalue weighted by Crippen LogP contribution is -2.36. The van der Waals surface area contributed by atoms with Crippen LogP contribution in [0.2, 0.25) is 5.02 Å². The van der Waals surface area contributed by atoms with E-state index < -0.39 is 0 Å². The van der Waals surface area contributed by atoms with Gasteiger partial charge in [-0.05, 0) is 42.3 Å². The monoisotopic (exact) mass is 395 g/mol. The van der Waals surface area contributed by atoms with E-state index >= 15 is 0 Å². The zero-order chi connectivity index (χ0) is 19.8. The molecule has 0 aliphatic carbocycles. The highest BCUT2D eigenvalue weighted by Gasteiger charge is 2.17. The number of aromatic nitrogens is 1. The van der Waals surface area contributed by atoms with Gasteiger partial charge in [-0.1, -0.05) is 48.0 Å². The average molecular weight is 396 g/mol. The smallest absolute Gasteiger partial charge is 0.322 e. The maximum atomic E-state index is 13.0. The third-order valence-corrected chi connectivity index (χ3v) is 4.52. The fourth-order valence-electron chi connectivity index (χ4n) is 2.82. The molecule has 5 nitrogen and oxygen atoms in total. The lowest BCUT2D eigenvalue weighted by molar-refractivity contribution is 0.209. The number of anilines is 1. The number of nitrogens with one attached hydrogen (secondary N) is 1. The van der Waals surface area contributed by atoms with Crippen molar-refractivity contribution in [2.45, 2.75) is 13.0 Å². The molecule has 1 N–H and O–H groups in total. The molecule has 144 valence electrons. The van der Waals surface area contributed by atoms with Crippen molar-refractivity contribution < 1.29 is 9.53 Å². The number of hydrogen-bond acceptors (Lipinski definition) is 3. The summed E-state index contributed by atoms with van der Waals surface area (Å²) < 4.78 is 5.32. The van der Waals surface area contributed by atoms with Crippen LogP contribution >= 0.6 is 11.6 Å². The predicted octanol–water partition coefficient (Wildman–Crippen LogP) is 5.02. The Morgan fingerprint density at radius 2 is 1.89 bits per heavy atom. The van der Waals surface area contributed by atoms with Crippen LogP contribution in [-0.2, 0) is 13.0 Å². The molecule has 0 saturated carbocycles. The van der Waals surface area contributed by atoms with Gasteiger partial charge >= 0.3 is 6.03 Å². The van der Waals surface area contributed by atoms with Gasteiger partial charge in [0.2, 0.25) is 0 Å². The fourth-order valence-corrected chi connectivity index (χ4v) is 2.99.